The van der Waals surface area contributed by atoms with Gasteiger partial charge in [0.05, 0.1) is 6.54 Å². The topological polar surface area (TPSA) is 44.1 Å². The number of rotatable bonds is 5. The molecule has 0 N–H and O–H groups in total. The SMILES string of the molecule is Cc1cc(OCCn2ncccc2=O)ccc1C(C)C. The highest BCUT2D eigenvalue weighted by molar-refractivity contribution is 5.36. The van der Waals surface area contributed by atoms with E-state index < -0.39 is 0 Å². The molecule has 1 aromatic heterocycles. The minimum atomic E-state index is -0.109. The Morgan fingerprint density at radius 3 is 2.75 bits per heavy atom. The molecule has 0 unspecified atom stereocenters. The van der Waals surface area contributed by atoms with Crippen molar-refractivity contribution in [1.29, 1.82) is 0 Å². The highest BCUT2D eigenvalue weighted by Crippen LogP contribution is 2.23. The van der Waals surface area contributed by atoms with Gasteiger partial charge in [-0.3, -0.25) is 4.79 Å². The first-order valence-corrected chi connectivity index (χ1v) is 6.83. The smallest absolute Gasteiger partial charge is 0.266 e. The van der Waals surface area contributed by atoms with Gasteiger partial charge in [0.2, 0.25) is 0 Å². The van der Waals surface area contributed by atoms with E-state index in [1.807, 2.05) is 12.1 Å². The highest BCUT2D eigenvalue weighted by Gasteiger charge is 2.05. The molecule has 4 heteroatoms. The Bertz CT molecular complexity index is 632. The monoisotopic (exact) mass is 272 g/mol. The molecule has 0 radical (unpaired) electrons. The van der Waals surface area contributed by atoms with E-state index in [0.29, 0.717) is 19.1 Å². The Balaban J connectivity index is 1.97. The third-order valence-corrected chi connectivity index (χ3v) is 3.22. The molecule has 0 aliphatic carbocycles. The van der Waals surface area contributed by atoms with E-state index in [1.54, 1.807) is 12.3 Å². The van der Waals surface area contributed by atoms with Gasteiger partial charge in [-0.1, -0.05) is 19.9 Å². The number of hydrogen-bond donors (Lipinski definition) is 0. The van der Waals surface area contributed by atoms with E-state index in [1.165, 1.54) is 21.9 Å². The lowest BCUT2D eigenvalue weighted by atomic mass is 9.98. The molecule has 2 rings (SSSR count). The summed E-state index contributed by atoms with van der Waals surface area (Å²) in [6.07, 6.45) is 1.60. The summed E-state index contributed by atoms with van der Waals surface area (Å²) in [7, 11) is 0. The molecule has 4 nitrogen and oxygen atoms in total. The van der Waals surface area contributed by atoms with Crippen molar-refractivity contribution in [1.82, 2.24) is 9.78 Å². The van der Waals surface area contributed by atoms with Gasteiger partial charge in [0.15, 0.2) is 0 Å². The van der Waals surface area contributed by atoms with Gasteiger partial charge in [-0.2, -0.15) is 5.10 Å². The molecule has 0 saturated carbocycles. The van der Waals surface area contributed by atoms with Gasteiger partial charge >= 0.3 is 0 Å². The van der Waals surface area contributed by atoms with Gasteiger partial charge < -0.3 is 4.74 Å². The number of aromatic nitrogens is 2. The van der Waals surface area contributed by atoms with Crippen LogP contribution in [0, 0.1) is 6.92 Å². The summed E-state index contributed by atoms with van der Waals surface area (Å²) in [5.41, 5.74) is 2.45. The summed E-state index contributed by atoms with van der Waals surface area (Å²) in [6, 6.07) is 9.24. The zero-order valence-corrected chi connectivity index (χ0v) is 12.2. The van der Waals surface area contributed by atoms with E-state index in [2.05, 4.69) is 31.9 Å². The zero-order chi connectivity index (χ0) is 14.5. The van der Waals surface area contributed by atoms with Crippen molar-refractivity contribution in [3.63, 3.8) is 0 Å². The molecular weight excluding hydrogens is 252 g/mol. The third kappa shape index (κ3) is 3.47. The molecule has 0 aliphatic rings. The molecule has 2 aromatic rings. The minimum Gasteiger partial charge on any atom is -0.492 e. The van der Waals surface area contributed by atoms with Gasteiger partial charge in [0.1, 0.15) is 12.4 Å². The Kier molecular flexibility index (Phi) is 4.56. The molecule has 0 fully saturated rings. The summed E-state index contributed by atoms with van der Waals surface area (Å²) in [5, 5.41) is 3.99. The molecule has 0 spiro atoms. The first-order chi connectivity index (χ1) is 9.58. The quantitative estimate of drug-likeness (QED) is 0.840. The molecule has 1 heterocycles. The van der Waals surface area contributed by atoms with Crippen LogP contribution in [0.25, 0.3) is 0 Å². The van der Waals surface area contributed by atoms with Gasteiger partial charge in [-0.05, 0) is 42.2 Å². The largest absolute Gasteiger partial charge is 0.492 e. The average Bonchev–Trinajstić information content (AvgIpc) is 2.40. The van der Waals surface area contributed by atoms with E-state index in [9.17, 15) is 4.79 Å². The van der Waals surface area contributed by atoms with Gasteiger partial charge in [0.25, 0.3) is 5.56 Å². The lowest BCUT2D eigenvalue weighted by Crippen LogP contribution is -2.24. The highest BCUT2D eigenvalue weighted by atomic mass is 16.5. The molecular formula is C16H20N2O2. The van der Waals surface area contributed by atoms with Gasteiger partial charge in [-0.25, -0.2) is 4.68 Å². The van der Waals surface area contributed by atoms with E-state index in [0.717, 1.165) is 5.75 Å². The minimum absolute atomic E-state index is 0.109. The van der Waals surface area contributed by atoms with Crippen LogP contribution < -0.4 is 10.3 Å². The Morgan fingerprint density at radius 2 is 2.10 bits per heavy atom. The standard InChI is InChI=1S/C16H20N2O2/c1-12(2)15-7-6-14(11-13(15)3)20-10-9-18-16(19)5-4-8-17-18/h4-8,11-12H,9-10H2,1-3H3. The molecule has 0 saturated heterocycles. The number of benzene rings is 1. The third-order valence-electron chi connectivity index (χ3n) is 3.22. The van der Waals surface area contributed by atoms with Crippen molar-refractivity contribution >= 4 is 0 Å². The first-order valence-electron chi connectivity index (χ1n) is 6.83. The summed E-state index contributed by atoms with van der Waals surface area (Å²) in [5.74, 6) is 1.34. The molecule has 20 heavy (non-hydrogen) atoms. The van der Waals surface area contributed by atoms with Crippen LogP contribution in [0.5, 0.6) is 5.75 Å². The molecule has 0 aliphatic heterocycles. The van der Waals surface area contributed by atoms with E-state index in [-0.39, 0.29) is 5.56 Å². The van der Waals surface area contributed by atoms with Crippen molar-refractivity contribution in [2.24, 2.45) is 0 Å². The molecule has 0 bridgehead atoms. The van der Waals surface area contributed by atoms with Crippen molar-refractivity contribution in [3.8, 4) is 5.75 Å². The second kappa shape index (κ2) is 6.37. The van der Waals surface area contributed by atoms with Crippen LogP contribution in [0.3, 0.4) is 0 Å². The second-order valence-electron chi connectivity index (χ2n) is 5.11. The predicted molar refractivity (Wildman–Crippen MR) is 79.3 cm³/mol. The Hall–Kier alpha value is -2.10. The number of ether oxygens (including phenoxy) is 1. The Morgan fingerprint density at radius 1 is 1.30 bits per heavy atom. The average molecular weight is 272 g/mol. The van der Waals surface area contributed by atoms with Crippen molar-refractivity contribution in [2.45, 2.75) is 33.2 Å². The van der Waals surface area contributed by atoms with Crippen LogP contribution in [-0.2, 0) is 6.54 Å². The van der Waals surface area contributed by atoms with Gasteiger partial charge in [-0.15, -0.1) is 0 Å². The predicted octanol–water partition coefficient (Wildman–Crippen LogP) is 2.75. The van der Waals surface area contributed by atoms with Crippen LogP contribution >= 0.6 is 0 Å². The Labute approximate surface area is 119 Å². The molecule has 0 amide bonds. The second-order valence-corrected chi connectivity index (χ2v) is 5.11. The van der Waals surface area contributed by atoms with Gasteiger partial charge in [0, 0.05) is 12.3 Å². The van der Waals surface area contributed by atoms with E-state index >= 15 is 0 Å². The number of nitrogens with zero attached hydrogens (tertiary/aromatic N) is 2. The van der Waals surface area contributed by atoms with Crippen LogP contribution in [0.1, 0.15) is 30.9 Å². The summed E-state index contributed by atoms with van der Waals surface area (Å²) in [6.45, 7) is 7.32. The van der Waals surface area contributed by atoms with Crippen molar-refractivity contribution in [3.05, 3.63) is 58.0 Å². The fourth-order valence-corrected chi connectivity index (χ4v) is 2.19. The van der Waals surface area contributed by atoms with Crippen molar-refractivity contribution in [2.75, 3.05) is 6.61 Å². The summed E-state index contributed by atoms with van der Waals surface area (Å²) < 4.78 is 7.08. The van der Waals surface area contributed by atoms with Crippen LogP contribution in [0.2, 0.25) is 0 Å². The van der Waals surface area contributed by atoms with Crippen LogP contribution in [-0.4, -0.2) is 16.4 Å². The molecule has 1 aromatic carbocycles. The van der Waals surface area contributed by atoms with E-state index in [4.69, 9.17) is 4.74 Å². The van der Waals surface area contributed by atoms with Crippen molar-refractivity contribution < 1.29 is 4.74 Å². The molecule has 0 atom stereocenters. The normalized spacial score (nSPS) is 10.8. The summed E-state index contributed by atoms with van der Waals surface area (Å²) >= 11 is 0. The maximum absolute atomic E-state index is 11.5. The molecule has 106 valence electrons. The first kappa shape index (κ1) is 14.3. The number of aryl methyl sites for hydroxylation is 1. The maximum Gasteiger partial charge on any atom is 0.266 e. The fourth-order valence-electron chi connectivity index (χ4n) is 2.19. The maximum atomic E-state index is 11.5. The van der Waals surface area contributed by atoms with Crippen LogP contribution in [0.15, 0.2) is 41.3 Å². The lowest BCUT2D eigenvalue weighted by molar-refractivity contribution is 0.287. The number of hydrogen-bond acceptors (Lipinski definition) is 3. The summed E-state index contributed by atoms with van der Waals surface area (Å²) in [4.78, 5) is 11.5. The fraction of sp³-hybridized carbons (Fsp3) is 0.375. The zero-order valence-electron chi connectivity index (χ0n) is 12.2. The van der Waals surface area contributed by atoms with Crippen LogP contribution in [0.4, 0.5) is 0 Å². The lowest BCUT2D eigenvalue weighted by Gasteiger charge is -2.12.